The molecule has 106 valence electrons. The molecule has 1 fully saturated rings. The highest BCUT2D eigenvalue weighted by molar-refractivity contribution is 5.80. The molecule has 0 spiro atoms. The standard InChI is InChI=1S/C12H15F3N2O2/c1-8(18)10(5-9-3-2-4-19-9)17-6-11(16-7-17)12(13,14)15/h6-7,9-10H,2-5H2,1H3/t9?,10-/m0/s1. The predicted molar refractivity (Wildman–Crippen MR) is 60.5 cm³/mol. The van der Waals surface area contributed by atoms with Gasteiger partial charge < -0.3 is 9.30 Å². The molecule has 0 radical (unpaired) electrons. The normalized spacial score (nSPS) is 21.6. The first kappa shape index (κ1) is 14.0. The molecule has 7 heteroatoms. The SMILES string of the molecule is CC(=O)[C@H](CC1CCCO1)n1cnc(C(F)(F)F)c1. The van der Waals surface area contributed by atoms with Gasteiger partial charge in [-0.2, -0.15) is 13.2 Å². The van der Waals surface area contributed by atoms with Gasteiger partial charge in [0.15, 0.2) is 11.5 Å². The van der Waals surface area contributed by atoms with Gasteiger partial charge in [-0.25, -0.2) is 4.98 Å². The molecule has 0 N–H and O–H groups in total. The molecule has 2 atom stereocenters. The van der Waals surface area contributed by atoms with Crippen molar-refractivity contribution >= 4 is 5.78 Å². The van der Waals surface area contributed by atoms with Crippen LogP contribution in [-0.4, -0.2) is 28.0 Å². The highest BCUT2D eigenvalue weighted by atomic mass is 19.4. The molecule has 0 amide bonds. The molecule has 1 saturated heterocycles. The van der Waals surface area contributed by atoms with Crippen molar-refractivity contribution in [1.29, 1.82) is 0 Å². The maximum atomic E-state index is 12.5. The van der Waals surface area contributed by atoms with E-state index in [1.807, 2.05) is 0 Å². The Morgan fingerprint density at radius 3 is 2.84 bits per heavy atom. The minimum atomic E-state index is -4.49. The molecule has 0 bridgehead atoms. The number of alkyl halides is 3. The van der Waals surface area contributed by atoms with Crippen molar-refractivity contribution in [3.63, 3.8) is 0 Å². The summed E-state index contributed by atoms with van der Waals surface area (Å²) in [7, 11) is 0. The van der Waals surface area contributed by atoms with E-state index in [4.69, 9.17) is 4.74 Å². The predicted octanol–water partition coefficient (Wildman–Crippen LogP) is 2.60. The van der Waals surface area contributed by atoms with E-state index in [2.05, 4.69) is 4.98 Å². The number of nitrogens with zero attached hydrogens (tertiary/aromatic N) is 2. The first-order chi connectivity index (χ1) is 8.88. The summed E-state index contributed by atoms with van der Waals surface area (Å²) >= 11 is 0. The first-order valence-corrected chi connectivity index (χ1v) is 6.10. The number of imidazole rings is 1. The summed E-state index contributed by atoms with van der Waals surface area (Å²) in [6, 6.07) is -0.647. The number of carbonyl (C=O) groups excluding carboxylic acids is 1. The summed E-state index contributed by atoms with van der Waals surface area (Å²) in [5, 5.41) is 0. The van der Waals surface area contributed by atoms with Gasteiger partial charge in [0.2, 0.25) is 0 Å². The second-order valence-electron chi connectivity index (χ2n) is 4.70. The minimum Gasteiger partial charge on any atom is -0.378 e. The highest BCUT2D eigenvalue weighted by Crippen LogP contribution is 2.30. The van der Waals surface area contributed by atoms with E-state index in [1.165, 1.54) is 11.5 Å². The number of halogens is 3. The molecular formula is C12H15F3N2O2. The molecule has 1 aliphatic rings. The number of hydrogen-bond donors (Lipinski definition) is 0. The van der Waals surface area contributed by atoms with Gasteiger partial charge in [0.05, 0.1) is 18.5 Å². The van der Waals surface area contributed by atoms with Crippen LogP contribution in [-0.2, 0) is 15.7 Å². The monoisotopic (exact) mass is 276 g/mol. The van der Waals surface area contributed by atoms with Gasteiger partial charge in [0.25, 0.3) is 0 Å². The Hall–Kier alpha value is -1.37. The maximum absolute atomic E-state index is 12.5. The van der Waals surface area contributed by atoms with Crippen molar-refractivity contribution in [1.82, 2.24) is 9.55 Å². The first-order valence-electron chi connectivity index (χ1n) is 6.10. The van der Waals surface area contributed by atoms with Gasteiger partial charge in [-0.05, 0) is 19.8 Å². The molecule has 1 aliphatic heterocycles. The Morgan fingerprint density at radius 2 is 2.37 bits per heavy atom. The fourth-order valence-corrected chi connectivity index (χ4v) is 2.23. The summed E-state index contributed by atoms with van der Waals surface area (Å²) in [5.41, 5.74) is -0.980. The second kappa shape index (κ2) is 5.32. The van der Waals surface area contributed by atoms with Gasteiger partial charge >= 0.3 is 6.18 Å². The van der Waals surface area contributed by atoms with Crippen LogP contribution in [0.3, 0.4) is 0 Å². The quantitative estimate of drug-likeness (QED) is 0.849. The van der Waals surface area contributed by atoms with Gasteiger partial charge in [-0.15, -0.1) is 0 Å². The van der Waals surface area contributed by atoms with Crippen LogP contribution in [0.2, 0.25) is 0 Å². The van der Waals surface area contributed by atoms with Gasteiger partial charge in [0, 0.05) is 19.2 Å². The van der Waals surface area contributed by atoms with Crippen molar-refractivity contribution in [2.45, 2.75) is 44.5 Å². The zero-order chi connectivity index (χ0) is 14.0. The fraction of sp³-hybridized carbons (Fsp3) is 0.667. The van der Waals surface area contributed by atoms with Crippen LogP contribution in [0.5, 0.6) is 0 Å². The number of ketones is 1. The topological polar surface area (TPSA) is 44.1 Å². The number of rotatable bonds is 4. The molecule has 0 saturated carbocycles. The fourth-order valence-electron chi connectivity index (χ4n) is 2.23. The van der Waals surface area contributed by atoms with Crippen molar-refractivity contribution in [2.75, 3.05) is 6.61 Å². The third kappa shape index (κ3) is 3.34. The van der Waals surface area contributed by atoms with Crippen molar-refractivity contribution in [2.24, 2.45) is 0 Å². The summed E-state index contributed by atoms with van der Waals surface area (Å²) in [6.07, 6.45) is -0.465. The summed E-state index contributed by atoms with van der Waals surface area (Å²) in [4.78, 5) is 14.9. The van der Waals surface area contributed by atoms with Crippen molar-refractivity contribution < 1.29 is 22.7 Å². The number of carbonyl (C=O) groups is 1. The lowest BCUT2D eigenvalue weighted by atomic mass is 10.0. The van der Waals surface area contributed by atoms with Crippen molar-refractivity contribution in [3.8, 4) is 0 Å². The smallest absolute Gasteiger partial charge is 0.378 e. The maximum Gasteiger partial charge on any atom is 0.434 e. The van der Waals surface area contributed by atoms with E-state index in [0.29, 0.717) is 13.0 Å². The van der Waals surface area contributed by atoms with E-state index >= 15 is 0 Å². The summed E-state index contributed by atoms with van der Waals surface area (Å²) < 4.78 is 44.1. The third-order valence-electron chi connectivity index (χ3n) is 3.23. The van der Waals surface area contributed by atoms with Crippen LogP contribution in [0.4, 0.5) is 13.2 Å². The van der Waals surface area contributed by atoms with Crippen molar-refractivity contribution in [3.05, 3.63) is 18.2 Å². The molecule has 1 aromatic rings. The zero-order valence-corrected chi connectivity index (χ0v) is 10.5. The second-order valence-corrected chi connectivity index (χ2v) is 4.70. The van der Waals surface area contributed by atoms with Crippen LogP contribution >= 0.6 is 0 Å². The van der Waals surface area contributed by atoms with Crippen LogP contribution in [0, 0.1) is 0 Å². The highest BCUT2D eigenvalue weighted by Gasteiger charge is 2.34. The van der Waals surface area contributed by atoms with Crippen LogP contribution in [0.1, 0.15) is 37.9 Å². The Bertz CT molecular complexity index is 450. The molecule has 0 aromatic carbocycles. The van der Waals surface area contributed by atoms with Gasteiger partial charge in [-0.3, -0.25) is 4.79 Å². The number of aromatic nitrogens is 2. The lowest BCUT2D eigenvalue weighted by molar-refractivity contribution is -0.141. The number of ether oxygens (including phenoxy) is 1. The van der Waals surface area contributed by atoms with E-state index in [0.717, 1.165) is 25.4 Å². The third-order valence-corrected chi connectivity index (χ3v) is 3.23. The van der Waals surface area contributed by atoms with Crippen LogP contribution < -0.4 is 0 Å². The number of Topliss-reactive ketones (excluding diaryl/α,β-unsaturated/α-hetero) is 1. The average Bonchev–Trinajstić information content (AvgIpc) is 2.95. The summed E-state index contributed by atoms with van der Waals surface area (Å²) in [6.45, 7) is 2.01. The van der Waals surface area contributed by atoms with Gasteiger partial charge in [-0.1, -0.05) is 0 Å². The van der Waals surface area contributed by atoms with Crippen LogP contribution in [0.15, 0.2) is 12.5 Å². The molecule has 4 nitrogen and oxygen atoms in total. The Balaban J connectivity index is 2.14. The molecule has 19 heavy (non-hydrogen) atoms. The number of hydrogen-bond acceptors (Lipinski definition) is 3. The van der Waals surface area contributed by atoms with Gasteiger partial charge in [0.1, 0.15) is 0 Å². The zero-order valence-electron chi connectivity index (χ0n) is 10.5. The molecule has 2 rings (SSSR count). The molecule has 0 aliphatic carbocycles. The van der Waals surface area contributed by atoms with E-state index < -0.39 is 17.9 Å². The van der Waals surface area contributed by atoms with E-state index in [-0.39, 0.29) is 11.9 Å². The van der Waals surface area contributed by atoms with E-state index in [1.54, 1.807) is 0 Å². The molecular weight excluding hydrogens is 261 g/mol. The molecule has 1 aromatic heterocycles. The van der Waals surface area contributed by atoms with Crippen LogP contribution in [0.25, 0.3) is 0 Å². The van der Waals surface area contributed by atoms with E-state index in [9.17, 15) is 18.0 Å². The summed E-state index contributed by atoms with van der Waals surface area (Å²) in [5.74, 6) is -0.193. The lowest BCUT2D eigenvalue weighted by Gasteiger charge is -2.19. The Kier molecular flexibility index (Phi) is 3.93. The average molecular weight is 276 g/mol. The minimum absolute atomic E-state index is 0.0642. The lowest BCUT2D eigenvalue weighted by Crippen LogP contribution is -2.22. The largest absolute Gasteiger partial charge is 0.434 e. The molecule has 1 unspecified atom stereocenters. The Morgan fingerprint density at radius 1 is 1.63 bits per heavy atom. The molecule has 2 heterocycles. The Labute approximate surface area is 108 Å².